The summed E-state index contributed by atoms with van der Waals surface area (Å²) in [5.74, 6) is 0.809. The van der Waals surface area contributed by atoms with Gasteiger partial charge in [-0.05, 0) is 0 Å². The number of aldehydes is 1. The van der Waals surface area contributed by atoms with Crippen molar-refractivity contribution in [3.8, 4) is 5.75 Å². The first-order chi connectivity index (χ1) is 10.3. The second-order valence-electron chi connectivity index (χ2n) is 4.63. The molecule has 21 heavy (non-hydrogen) atoms. The van der Waals surface area contributed by atoms with Gasteiger partial charge < -0.3 is 0 Å². The van der Waals surface area contributed by atoms with E-state index in [4.69, 9.17) is 4.74 Å². The van der Waals surface area contributed by atoms with Crippen LogP contribution in [0.3, 0.4) is 0 Å². The zero-order valence-electron chi connectivity index (χ0n) is 11.6. The fourth-order valence-corrected chi connectivity index (χ4v) is 4.22. The van der Waals surface area contributed by atoms with Crippen molar-refractivity contribution in [1.29, 1.82) is 0 Å². The van der Waals surface area contributed by atoms with E-state index in [-0.39, 0.29) is 15.0 Å². The zero-order chi connectivity index (χ0) is 14.7. The molecule has 0 atom stereocenters. The SMILES string of the molecule is COc1ccc2c(C=O)cc([Se]c3ccccc3)cc2c1. The van der Waals surface area contributed by atoms with Crippen molar-refractivity contribution in [1.82, 2.24) is 0 Å². The average molecular weight is 341 g/mol. The first kappa shape index (κ1) is 13.9. The Hall–Kier alpha value is -2.09. The summed E-state index contributed by atoms with van der Waals surface area (Å²) in [4.78, 5) is 11.4. The van der Waals surface area contributed by atoms with Gasteiger partial charge in [-0.1, -0.05) is 0 Å². The van der Waals surface area contributed by atoms with Crippen molar-refractivity contribution >= 4 is 40.9 Å². The van der Waals surface area contributed by atoms with Crippen LogP contribution in [0, 0.1) is 0 Å². The van der Waals surface area contributed by atoms with Crippen LogP contribution in [0.2, 0.25) is 0 Å². The van der Waals surface area contributed by atoms with Gasteiger partial charge in [-0.2, -0.15) is 0 Å². The number of carbonyl (C=O) groups is 1. The molecule has 3 rings (SSSR count). The summed E-state index contributed by atoms with van der Waals surface area (Å²) in [5.41, 5.74) is 0.739. The summed E-state index contributed by atoms with van der Waals surface area (Å²) in [5, 5.41) is 2.02. The standard InChI is InChI=1S/C18H14O2Se/c1-20-15-7-8-18-13(9-15)10-17(11-14(18)12-19)21-16-5-3-2-4-6-16/h2-12H,1H3. The van der Waals surface area contributed by atoms with Crippen LogP contribution in [-0.4, -0.2) is 28.4 Å². The van der Waals surface area contributed by atoms with E-state index >= 15 is 0 Å². The molecule has 0 fully saturated rings. The fourth-order valence-electron chi connectivity index (χ4n) is 2.26. The number of carbonyl (C=O) groups excluding carboxylic acids is 1. The number of benzene rings is 3. The van der Waals surface area contributed by atoms with E-state index < -0.39 is 0 Å². The second kappa shape index (κ2) is 6.13. The Labute approximate surface area is 129 Å². The van der Waals surface area contributed by atoms with Crippen molar-refractivity contribution in [2.24, 2.45) is 0 Å². The Morgan fingerprint density at radius 1 is 0.952 bits per heavy atom. The van der Waals surface area contributed by atoms with Crippen LogP contribution in [0.15, 0.2) is 60.7 Å². The summed E-state index contributed by atoms with van der Waals surface area (Å²) in [7, 11) is 1.65. The van der Waals surface area contributed by atoms with Crippen LogP contribution < -0.4 is 13.7 Å². The monoisotopic (exact) mass is 342 g/mol. The Morgan fingerprint density at radius 2 is 1.76 bits per heavy atom. The Bertz CT molecular complexity index is 782. The molecule has 0 saturated heterocycles. The predicted octanol–water partition coefficient (Wildman–Crippen LogP) is 2.32. The minimum absolute atomic E-state index is 0.191. The fraction of sp³-hybridized carbons (Fsp3) is 0.0556. The molecular weight excluding hydrogens is 327 g/mol. The zero-order valence-corrected chi connectivity index (χ0v) is 13.3. The molecule has 0 aliphatic carbocycles. The molecule has 0 radical (unpaired) electrons. The van der Waals surface area contributed by atoms with Gasteiger partial charge in [-0.3, -0.25) is 0 Å². The quantitative estimate of drug-likeness (QED) is 0.538. The van der Waals surface area contributed by atoms with Crippen LogP contribution in [0.1, 0.15) is 10.4 Å². The molecule has 0 aliphatic rings. The van der Waals surface area contributed by atoms with Crippen LogP contribution in [-0.2, 0) is 0 Å². The number of hydrogen-bond acceptors (Lipinski definition) is 2. The van der Waals surface area contributed by atoms with Gasteiger partial charge >= 0.3 is 130 Å². The van der Waals surface area contributed by atoms with Crippen molar-refractivity contribution in [2.75, 3.05) is 7.11 Å². The Balaban J connectivity index is 2.09. The van der Waals surface area contributed by atoms with Crippen LogP contribution >= 0.6 is 0 Å². The van der Waals surface area contributed by atoms with E-state index in [2.05, 4.69) is 18.2 Å². The number of methoxy groups -OCH3 is 1. The van der Waals surface area contributed by atoms with Crippen molar-refractivity contribution in [3.05, 3.63) is 66.2 Å². The van der Waals surface area contributed by atoms with E-state index in [1.807, 2.05) is 42.5 Å². The molecular formula is C18H14O2Se. The number of rotatable bonds is 4. The molecule has 2 nitrogen and oxygen atoms in total. The maximum atomic E-state index is 11.4. The molecule has 3 heteroatoms. The van der Waals surface area contributed by atoms with Crippen LogP contribution in [0.25, 0.3) is 10.8 Å². The van der Waals surface area contributed by atoms with Crippen LogP contribution in [0.4, 0.5) is 0 Å². The van der Waals surface area contributed by atoms with Gasteiger partial charge in [0.1, 0.15) is 0 Å². The van der Waals surface area contributed by atoms with Gasteiger partial charge in [0.05, 0.1) is 0 Å². The average Bonchev–Trinajstić information content (AvgIpc) is 2.54. The summed E-state index contributed by atoms with van der Waals surface area (Å²) in [6, 6.07) is 20.3. The van der Waals surface area contributed by atoms with E-state index in [1.54, 1.807) is 7.11 Å². The topological polar surface area (TPSA) is 26.3 Å². The number of hydrogen-bond donors (Lipinski definition) is 0. The van der Waals surface area contributed by atoms with Crippen molar-refractivity contribution < 1.29 is 9.53 Å². The molecule has 0 heterocycles. The summed E-state index contributed by atoms with van der Waals surface area (Å²) in [6.07, 6.45) is 0.930. The van der Waals surface area contributed by atoms with Crippen LogP contribution in [0.5, 0.6) is 5.75 Å². The predicted molar refractivity (Wildman–Crippen MR) is 87.4 cm³/mol. The molecule has 0 spiro atoms. The second-order valence-corrected chi connectivity index (χ2v) is 7.04. The molecule has 3 aromatic carbocycles. The number of fused-ring (bicyclic) bond motifs is 1. The summed E-state index contributed by atoms with van der Waals surface area (Å²) < 4.78 is 7.76. The molecule has 0 amide bonds. The van der Waals surface area contributed by atoms with Gasteiger partial charge in [0.15, 0.2) is 0 Å². The van der Waals surface area contributed by atoms with E-state index in [0.717, 1.165) is 28.4 Å². The molecule has 0 aromatic heterocycles. The van der Waals surface area contributed by atoms with E-state index in [9.17, 15) is 4.79 Å². The molecule has 0 aliphatic heterocycles. The molecule has 0 N–H and O–H groups in total. The van der Waals surface area contributed by atoms with E-state index in [1.165, 1.54) is 8.92 Å². The van der Waals surface area contributed by atoms with Gasteiger partial charge in [-0.15, -0.1) is 0 Å². The number of ether oxygens (including phenoxy) is 1. The van der Waals surface area contributed by atoms with Crippen molar-refractivity contribution in [2.45, 2.75) is 0 Å². The van der Waals surface area contributed by atoms with Gasteiger partial charge in [0, 0.05) is 0 Å². The third kappa shape index (κ3) is 2.99. The molecule has 104 valence electrons. The van der Waals surface area contributed by atoms with Gasteiger partial charge in [0.2, 0.25) is 0 Å². The maximum absolute atomic E-state index is 11.4. The molecule has 3 aromatic rings. The van der Waals surface area contributed by atoms with Gasteiger partial charge in [0.25, 0.3) is 0 Å². The van der Waals surface area contributed by atoms with E-state index in [0.29, 0.717) is 0 Å². The minimum atomic E-state index is 0.191. The molecule has 0 bridgehead atoms. The Morgan fingerprint density at radius 3 is 2.48 bits per heavy atom. The Kier molecular flexibility index (Phi) is 4.05. The van der Waals surface area contributed by atoms with Gasteiger partial charge in [-0.25, -0.2) is 0 Å². The normalized spacial score (nSPS) is 10.5. The summed E-state index contributed by atoms with van der Waals surface area (Å²) >= 11 is 0.191. The molecule has 0 unspecified atom stereocenters. The third-order valence-corrected chi connectivity index (χ3v) is 5.33. The first-order valence-electron chi connectivity index (χ1n) is 6.60. The first-order valence-corrected chi connectivity index (χ1v) is 8.31. The third-order valence-electron chi connectivity index (χ3n) is 3.27. The summed E-state index contributed by atoms with van der Waals surface area (Å²) in [6.45, 7) is 0. The molecule has 0 saturated carbocycles. The van der Waals surface area contributed by atoms with Crippen molar-refractivity contribution in [3.63, 3.8) is 0 Å².